The van der Waals surface area contributed by atoms with Crippen molar-refractivity contribution in [2.24, 2.45) is 5.92 Å². The fraction of sp³-hybridized carbons (Fsp3) is 1.00. The van der Waals surface area contributed by atoms with E-state index in [0.29, 0.717) is 0 Å². The lowest BCUT2D eigenvalue weighted by Gasteiger charge is -2.36. The quantitative estimate of drug-likeness (QED) is 0.684. The van der Waals surface area contributed by atoms with E-state index < -0.39 is 0 Å². The molecule has 0 aromatic rings. The predicted octanol–water partition coefficient (Wildman–Crippen LogP) is 1.65. The van der Waals surface area contributed by atoms with Crippen LogP contribution in [0.4, 0.5) is 0 Å². The molecule has 1 saturated heterocycles. The first-order chi connectivity index (χ1) is 8.09. The fourth-order valence-electron chi connectivity index (χ4n) is 2.41. The zero-order chi connectivity index (χ0) is 12.7. The lowest BCUT2D eigenvalue weighted by molar-refractivity contribution is 0.134. The van der Waals surface area contributed by atoms with Gasteiger partial charge in [0.15, 0.2) is 0 Å². The molecule has 1 unspecified atom stereocenters. The monoisotopic (exact) mass is 241 g/mol. The number of likely N-dealkylation sites (tertiary alicyclic amines) is 1. The molecule has 0 aliphatic carbocycles. The van der Waals surface area contributed by atoms with Crippen molar-refractivity contribution in [3.8, 4) is 0 Å². The standard InChI is InChI=1S/C14H31N3/c1-13(2)7-8-15-9-11-17-10-5-6-14(12-17)16(3)4/h13-15H,5-12H2,1-4H3. The van der Waals surface area contributed by atoms with Crippen molar-refractivity contribution in [2.75, 3.05) is 46.8 Å². The number of likely N-dealkylation sites (N-methyl/N-ethyl adjacent to an activating group) is 1. The summed E-state index contributed by atoms with van der Waals surface area (Å²) in [4.78, 5) is 4.98. The van der Waals surface area contributed by atoms with E-state index in [0.717, 1.165) is 18.5 Å². The summed E-state index contributed by atoms with van der Waals surface area (Å²) >= 11 is 0. The molecule has 1 aliphatic heterocycles. The number of nitrogens with one attached hydrogen (secondary N) is 1. The third-order valence-electron chi connectivity index (χ3n) is 3.71. The molecule has 1 fully saturated rings. The summed E-state index contributed by atoms with van der Waals surface area (Å²) in [6.45, 7) is 10.6. The van der Waals surface area contributed by atoms with Crippen LogP contribution in [0.3, 0.4) is 0 Å². The molecule has 1 rings (SSSR count). The molecule has 17 heavy (non-hydrogen) atoms. The van der Waals surface area contributed by atoms with Gasteiger partial charge in [0.25, 0.3) is 0 Å². The number of piperidine rings is 1. The van der Waals surface area contributed by atoms with Crippen molar-refractivity contribution in [1.82, 2.24) is 15.1 Å². The second-order valence-electron chi connectivity index (χ2n) is 5.99. The van der Waals surface area contributed by atoms with Gasteiger partial charge in [0.2, 0.25) is 0 Å². The van der Waals surface area contributed by atoms with Crippen LogP contribution < -0.4 is 5.32 Å². The van der Waals surface area contributed by atoms with Crippen molar-refractivity contribution >= 4 is 0 Å². The van der Waals surface area contributed by atoms with Crippen LogP contribution in [-0.4, -0.2) is 62.7 Å². The first-order valence-corrected chi connectivity index (χ1v) is 7.19. The molecule has 102 valence electrons. The second-order valence-corrected chi connectivity index (χ2v) is 5.99. The Hall–Kier alpha value is -0.120. The van der Waals surface area contributed by atoms with Crippen LogP contribution in [0.15, 0.2) is 0 Å². The molecule has 0 aromatic heterocycles. The Bertz CT molecular complexity index is 192. The Balaban J connectivity index is 2.06. The Morgan fingerprint density at radius 1 is 1.29 bits per heavy atom. The fourth-order valence-corrected chi connectivity index (χ4v) is 2.41. The minimum Gasteiger partial charge on any atom is -0.315 e. The average molecular weight is 241 g/mol. The van der Waals surface area contributed by atoms with E-state index in [1.165, 1.54) is 45.4 Å². The molecule has 3 heteroatoms. The van der Waals surface area contributed by atoms with Crippen molar-refractivity contribution in [3.63, 3.8) is 0 Å². The van der Waals surface area contributed by atoms with Gasteiger partial charge < -0.3 is 15.1 Å². The van der Waals surface area contributed by atoms with E-state index in [4.69, 9.17) is 0 Å². The summed E-state index contributed by atoms with van der Waals surface area (Å²) in [7, 11) is 4.41. The first-order valence-electron chi connectivity index (χ1n) is 7.19. The molecule has 0 aromatic carbocycles. The molecular weight excluding hydrogens is 210 g/mol. The zero-order valence-corrected chi connectivity index (χ0v) is 12.2. The van der Waals surface area contributed by atoms with Gasteiger partial charge in [-0.15, -0.1) is 0 Å². The SMILES string of the molecule is CC(C)CCNCCN1CCCC(N(C)C)C1. The van der Waals surface area contributed by atoms with Crippen LogP contribution in [-0.2, 0) is 0 Å². The van der Waals surface area contributed by atoms with Crippen LogP contribution >= 0.6 is 0 Å². The molecule has 0 bridgehead atoms. The summed E-state index contributed by atoms with van der Waals surface area (Å²) in [5.74, 6) is 0.815. The molecule has 1 atom stereocenters. The van der Waals surface area contributed by atoms with Gasteiger partial charge in [0.1, 0.15) is 0 Å². The maximum Gasteiger partial charge on any atom is 0.0217 e. The van der Waals surface area contributed by atoms with E-state index in [-0.39, 0.29) is 0 Å². The third-order valence-corrected chi connectivity index (χ3v) is 3.71. The van der Waals surface area contributed by atoms with E-state index in [1.807, 2.05) is 0 Å². The van der Waals surface area contributed by atoms with Gasteiger partial charge in [-0.2, -0.15) is 0 Å². The van der Waals surface area contributed by atoms with Crippen LogP contribution in [0.2, 0.25) is 0 Å². The third kappa shape index (κ3) is 6.39. The lowest BCUT2D eigenvalue weighted by Crippen LogP contribution is -2.46. The summed E-state index contributed by atoms with van der Waals surface area (Å²) < 4.78 is 0. The lowest BCUT2D eigenvalue weighted by atomic mass is 10.1. The van der Waals surface area contributed by atoms with Crippen molar-refractivity contribution < 1.29 is 0 Å². The normalized spacial score (nSPS) is 22.6. The van der Waals surface area contributed by atoms with Gasteiger partial charge in [-0.1, -0.05) is 13.8 Å². The van der Waals surface area contributed by atoms with Crippen molar-refractivity contribution in [3.05, 3.63) is 0 Å². The van der Waals surface area contributed by atoms with Crippen molar-refractivity contribution in [2.45, 2.75) is 39.2 Å². The topological polar surface area (TPSA) is 18.5 Å². The van der Waals surface area contributed by atoms with Gasteiger partial charge in [0.05, 0.1) is 0 Å². The highest BCUT2D eigenvalue weighted by Gasteiger charge is 2.20. The second kappa shape index (κ2) is 8.06. The highest BCUT2D eigenvalue weighted by atomic mass is 15.2. The Morgan fingerprint density at radius 3 is 2.71 bits per heavy atom. The van der Waals surface area contributed by atoms with Gasteiger partial charge in [0, 0.05) is 25.7 Å². The predicted molar refractivity (Wildman–Crippen MR) is 75.5 cm³/mol. The molecular formula is C14H31N3. The maximum absolute atomic E-state index is 3.55. The molecule has 1 aliphatic rings. The van der Waals surface area contributed by atoms with Crippen LogP contribution in [0.25, 0.3) is 0 Å². The number of hydrogen-bond donors (Lipinski definition) is 1. The molecule has 0 amide bonds. The summed E-state index contributed by atoms with van der Waals surface area (Å²) in [5.41, 5.74) is 0. The van der Waals surface area contributed by atoms with E-state index >= 15 is 0 Å². The Morgan fingerprint density at radius 2 is 2.06 bits per heavy atom. The highest BCUT2D eigenvalue weighted by Crippen LogP contribution is 2.12. The number of nitrogens with zero attached hydrogens (tertiary/aromatic N) is 2. The summed E-state index contributed by atoms with van der Waals surface area (Å²) in [5, 5.41) is 3.55. The molecule has 0 radical (unpaired) electrons. The van der Waals surface area contributed by atoms with Crippen LogP contribution in [0.1, 0.15) is 33.1 Å². The number of rotatable bonds is 7. The summed E-state index contributed by atoms with van der Waals surface area (Å²) in [6.07, 6.45) is 4.01. The average Bonchev–Trinajstić information content (AvgIpc) is 2.28. The van der Waals surface area contributed by atoms with Gasteiger partial charge in [-0.05, 0) is 52.4 Å². The Labute approximate surface area is 108 Å². The van der Waals surface area contributed by atoms with E-state index in [9.17, 15) is 0 Å². The minimum absolute atomic E-state index is 0.763. The van der Waals surface area contributed by atoms with E-state index in [2.05, 4.69) is 43.1 Å². The van der Waals surface area contributed by atoms with Crippen LogP contribution in [0, 0.1) is 5.92 Å². The molecule has 1 N–H and O–H groups in total. The maximum atomic E-state index is 3.55. The first kappa shape index (κ1) is 14.9. The van der Waals surface area contributed by atoms with E-state index in [1.54, 1.807) is 0 Å². The highest BCUT2D eigenvalue weighted by molar-refractivity contribution is 4.78. The smallest absolute Gasteiger partial charge is 0.0217 e. The van der Waals surface area contributed by atoms with Gasteiger partial charge in [-0.25, -0.2) is 0 Å². The van der Waals surface area contributed by atoms with Gasteiger partial charge >= 0.3 is 0 Å². The Kier molecular flexibility index (Phi) is 7.09. The largest absolute Gasteiger partial charge is 0.315 e. The minimum atomic E-state index is 0.763. The van der Waals surface area contributed by atoms with Crippen LogP contribution in [0.5, 0.6) is 0 Å². The van der Waals surface area contributed by atoms with Crippen molar-refractivity contribution in [1.29, 1.82) is 0 Å². The molecule has 0 saturated carbocycles. The molecule has 1 heterocycles. The van der Waals surface area contributed by atoms with Gasteiger partial charge in [-0.3, -0.25) is 0 Å². The number of hydrogen-bond acceptors (Lipinski definition) is 3. The zero-order valence-electron chi connectivity index (χ0n) is 12.2. The molecule has 3 nitrogen and oxygen atoms in total. The molecule has 0 spiro atoms. The summed E-state index contributed by atoms with van der Waals surface area (Å²) in [6, 6.07) is 0.763.